The molecule has 142 valence electrons. The van der Waals surface area contributed by atoms with E-state index in [-0.39, 0.29) is 11.3 Å². The third-order valence-electron chi connectivity index (χ3n) is 4.23. The number of nitrogens with zero attached hydrogens (tertiary/aromatic N) is 1. The summed E-state index contributed by atoms with van der Waals surface area (Å²) in [7, 11) is 1.30. The van der Waals surface area contributed by atoms with Gasteiger partial charge in [-0.1, -0.05) is 29.8 Å². The van der Waals surface area contributed by atoms with Crippen molar-refractivity contribution in [1.29, 1.82) is 0 Å². The Morgan fingerprint density at radius 1 is 0.964 bits per heavy atom. The summed E-state index contributed by atoms with van der Waals surface area (Å²) in [4.78, 5) is 28.6. The van der Waals surface area contributed by atoms with Crippen molar-refractivity contribution in [2.24, 2.45) is 0 Å². The third kappa shape index (κ3) is 4.35. The number of pyridine rings is 1. The van der Waals surface area contributed by atoms with E-state index in [2.05, 4.69) is 21.7 Å². The molecule has 0 aliphatic carbocycles. The number of amides is 1. The molecule has 0 radical (unpaired) electrons. The maximum absolute atomic E-state index is 12.6. The van der Waals surface area contributed by atoms with Gasteiger partial charge in [0.1, 0.15) is 5.69 Å². The molecule has 0 spiro atoms. The van der Waals surface area contributed by atoms with Crippen molar-refractivity contribution in [2.75, 3.05) is 17.7 Å². The molecular weight excluding hydrogens is 354 g/mol. The largest absolute Gasteiger partial charge is 0.465 e. The van der Waals surface area contributed by atoms with Gasteiger partial charge in [-0.3, -0.25) is 9.78 Å². The highest BCUT2D eigenvalue weighted by Gasteiger charge is 2.15. The molecule has 3 rings (SSSR count). The van der Waals surface area contributed by atoms with Crippen LogP contribution >= 0.6 is 0 Å². The standard InChI is InChI=1S/C22H21N3O3/c1-14-8-9-18(15(2)12-14)24-16-10-11-23-20(13-16)21(26)25-19-7-5-4-6-17(19)22(27)28-3/h4-13H,1-3H3,(H,23,24)(H,25,26). The van der Waals surface area contributed by atoms with Crippen LogP contribution in [0.1, 0.15) is 32.0 Å². The average molecular weight is 375 g/mol. The quantitative estimate of drug-likeness (QED) is 0.643. The van der Waals surface area contributed by atoms with E-state index in [9.17, 15) is 9.59 Å². The van der Waals surface area contributed by atoms with Gasteiger partial charge in [0.2, 0.25) is 0 Å². The van der Waals surface area contributed by atoms with Crippen molar-refractivity contribution in [1.82, 2.24) is 4.98 Å². The van der Waals surface area contributed by atoms with E-state index in [0.29, 0.717) is 5.69 Å². The lowest BCUT2D eigenvalue weighted by Gasteiger charge is -2.12. The molecule has 6 heteroatoms. The Bertz CT molecular complexity index is 1030. The van der Waals surface area contributed by atoms with Crippen LogP contribution in [0.25, 0.3) is 0 Å². The number of hydrogen-bond donors (Lipinski definition) is 2. The summed E-state index contributed by atoms with van der Waals surface area (Å²) in [6.45, 7) is 4.06. The van der Waals surface area contributed by atoms with Crippen molar-refractivity contribution in [3.05, 3.63) is 83.2 Å². The lowest BCUT2D eigenvalue weighted by Crippen LogP contribution is -2.16. The third-order valence-corrected chi connectivity index (χ3v) is 4.23. The first kappa shape index (κ1) is 19.1. The van der Waals surface area contributed by atoms with Gasteiger partial charge in [0.15, 0.2) is 0 Å². The van der Waals surface area contributed by atoms with Gasteiger partial charge in [-0.05, 0) is 49.7 Å². The molecule has 0 fully saturated rings. The van der Waals surface area contributed by atoms with Crippen LogP contribution in [0.3, 0.4) is 0 Å². The molecule has 2 aromatic carbocycles. The maximum Gasteiger partial charge on any atom is 0.339 e. The van der Waals surface area contributed by atoms with Gasteiger partial charge < -0.3 is 15.4 Å². The fourth-order valence-electron chi connectivity index (χ4n) is 2.81. The molecule has 0 saturated carbocycles. The van der Waals surface area contributed by atoms with Crippen LogP contribution in [0.2, 0.25) is 0 Å². The van der Waals surface area contributed by atoms with Gasteiger partial charge in [-0.15, -0.1) is 0 Å². The number of ether oxygens (including phenoxy) is 1. The zero-order chi connectivity index (χ0) is 20.1. The minimum atomic E-state index is -0.519. The number of esters is 1. The van der Waals surface area contributed by atoms with Crippen LogP contribution in [0.15, 0.2) is 60.8 Å². The lowest BCUT2D eigenvalue weighted by atomic mass is 10.1. The summed E-state index contributed by atoms with van der Waals surface area (Å²) in [6, 6.07) is 16.2. The topological polar surface area (TPSA) is 80.3 Å². The van der Waals surface area contributed by atoms with Gasteiger partial charge in [-0.2, -0.15) is 0 Å². The smallest absolute Gasteiger partial charge is 0.339 e. The van der Waals surface area contributed by atoms with E-state index in [1.807, 2.05) is 26.0 Å². The van der Waals surface area contributed by atoms with Gasteiger partial charge in [0, 0.05) is 17.6 Å². The Morgan fingerprint density at radius 2 is 1.75 bits per heavy atom. The second kappa shape index (κ2) is 8.35. The van der Waals surface area contributed by atoms with E-state index >= 15 is 0 Å². The summed E-state index contributed by atoms with van der Waals surface area (Å²) in [6.07, 6.45) is 1.56. The minimum Gasteiger partial charge on any atom is -0.465 e. The summed E-state index contributed by atoms with van der Waals surface area (Å²) in [5.41, 5.74) is 4.87. The monoisotopic (exact) mass is 375 g/mol. The maximum atomic E-state index is 12.6. The molecule has 2 N–H and O–H groups in total. The number of carbonyl (C=O) groups is 2. The van der Waals surface area contributed by atoms with Crippen LogP contribution in [-0.4, -0.2) is 24.0 Å². The molecule has 0 unspecified atom stereocenters. The molecule has 0 bridgehead atoms. The van der Waals surface area contributed by atoms with E-state index < -0.39 is 11.9 Å². The number of methoxy groups -OCH3 is 1. The van der Waals surface area contributed by atoms with Crippen LogP contribution < -0.4 is 10.6 Å². The van der Waals surface area contributed by atoms with Crippen LogP contribution in [0.4, 0.5) is 17.1 Å². The number of para-hydroxylation sites is 1. The first-order chi connectivity index (χ1) is 13.5. The molecule has 3 aromatic rings. The predicted octanol–water partition coefficient (Wildman–Crippen LogP) is 4.48. The number of aryl methyl sites for hydroxylation is 2. The summed E-state index contributed by atoms with van der Waals surface area (Å²) >= 11 is 0. The number of benzene rings is 2. The highest BCUT2D eigenvalue weighted by atomic mass is 16.5. The number of rotatable bonds is 5. The summed E-state index contributed by atoms with van der Waals surface area (Å²) in [5, 5.41) is 6.03. The molecule has 0 saturated heterocycles. The number of anilines is 3. The summed E-state index contributed by atoms with van der Waals surface area (Å²) in [5.74, 6) is -0.935. The van der Waals surface area contributed by atoms with E-state index in [0.717, 1.165) is 16.9 Å². The number of hydrogen-bond acceptors (Lipinski definition) is 5. The molecule has 0 aliphatic heterocycles. The van der Waals surface area contributed by atoms with Gasteiger partial charge >= 0.3 is 5.97 Å². The highest BCUT2D eigenvalue weighted by molar-refractivity contribution is 6.07. The van der Waals surface area contributed by atoms with E-state index in [1.165, 1.54) is 12.7 Å². The van der Waals surface area contributed by atoms with Gasteiger partial charge in [0.05, 0.1) is 18.4 Å². The Balaban J connectivity index is 1.81. The molecule has 28 heavy (non-hydrogen) atoms. The van der Waals surface area contributed by atoms with Crippen molar-refractivity contribution in [2.45, 2.75) is 13.8 Å². The number of nitrogens with one attached hydrogen (secondary N) is 2. The second-order valence-corrected chi connectivity index (χ2v) is 6.36. The average Bonchev–Trinajstić information content (AvgIpc) is 2.70. The Morgan fingerprint density at radius 3 is 2.50 bits per heavy atom. The summed E-state index contributed by atoms with van der Waals surface area (Å²) < 4.78 is 4.75. The second-order valence-electron chi connectivity index (χ2n) is 6.36. The van der Waals surface area contributed by atoms with Crippen molar-refractivity contribution < 1.29 is 14.3 Å². The molecule has 1 amide bonds. The lowest BCUT2D eigenvalue weighted by molar-refractivity contribution is 0.0602. The van der Waals surface area contributed by atoms with Crippen LogP contribution in [-0.2, 0) is 4.74 Å². The first-order valence-corrected chi connectivity index (χ1v) is 8.77. The van der Waals surface area contributed by atoms with Crippen molar-refractivity contribution >= 4 is 28.9 Å². The Kier molecular flexibility index (Phi) is 5.69. The molecule has 0 atom stereocenters. The van der Waals surface area contributed by atoms with Gasteiger partial charge in [0.25, 0.3) is 5.91 Å². The van der Waals surface area contributed by atoms with Crippen molar-refractivity contribution in [3.63, 3.8) is 0 Å². The highest BCUT2D eigenvalue weighted by Crippen LogP contribution is 2.22. The van der Waals surface area contributed by atoms with Crippen LogP contribution in [0.5, 0.6) is 0 Å². The molecule has 6 nitrogen and oxygen atoms in total. The predicted molar refractivity (Wildman–Crippen MR) is 109 cm³/mol. The fraction of sp³-hybridized carbons (Fsp3) is 0.136. The minimum absolute atomic E-state index is 0.231. The molecule has 1 heterocycles. The van der Waals surface area contributed by atoms with E-state index in [4.69, 9.17) is 4.74 Å². The number of carbonyl (C=O) groups excluding carboxylic acids is 2. The van der Waals surface area contributed by atoms with Crippen molar-refractivity contribution in [3.8, 4) is 0 Å². The SMILES string of the molecule is COC(=O)c1ccccc1NC(=O)c1cc(Nc2ccc(C)cc2C)ccn1. The number of aromatic nitrogens is 1. The first-order valence-electron chi connectivity index (χ1n) is 8.77. The molecule has 0 aliphatic rings. The normalized spacial score (nSPS) is 10.2. The van der Waals surface area contributed by atoms with Crippen LogP contribution in [0, 0.1) is 13.8 Å². The Labute approximate surface area is 163 Å². The fourth-order valence-corrected chi connectivity index (χ4v) is 2.81. The molecular formula is C22H21N3O3. The zero-order valence-corrected chi connectivity index (χ0v) is 15.9. The zero-order valence-electron chi connectivity index (χ0n) is 15.9. The molecule has 1 aromatic heterocycles. The Hall–Kier alpha value is -3.67. The van der Waals surface area contributed by atoms with Gasteiger partial charge in [-0.25, -0.2) is 4.79 Å². The van der Waals surface area contributed by atoms with E-state index in [1.54, 1.807) is 42.6 Å².